The predicted molar refractivity (Wildman–Crippen MR) is 97.2 cm³/mol. The average Bonchev–Trinajstić information content (AvgIpc) is 2.63. The summed E-state index contributed by atoms with van der Waals surface area (Å²) in [6.07, 6.45) is 0.937. The molecule has 6 heteroatoms. The molecule has 2 amide bonds. The summed E-state index contributed by atoms with van der Waals surface area (Å²) in [5.74, 6) is -0.418. The van der Waals surface area contributed by atoms with Crippen molar-refractivity contribution in [3.63, 3.8) is 0 Å². The second-order valence-electron chi connectivity index (χ2n) is 5.73. The van der Waals surface area contributed by atoms with Crippen molar-refractivity contribution in [1.29, 1.82) is 0 Å². The molecule has 128 valence electrons. The van der Waals surface area contributed by atoms with Gasteiger partial charge < -0.3 is 5.32 Å². The number of carbonyl (C=O) groups excluding carboxylic acids is 2. The first-order valence-corrected chi connectivity index (χ1v) is 8.44. The summed E-state index contributed by atoms with van der Waals surface area (Å²) in [6, 6.07) is 17.0. The lowest BCUT2D eigenvalue weighted by Gasteiger charge is -2.23. The fourth-order valence-corrected chi connectivity index (χ4v) is 2.79. The van der Waals surface area contributed by atoms with Crippen molar-refractivity contribution in [2.24, 2.45) is 5.10 Å². The maximum Gasteiger partial charge on any atom is 0.243 e. The molecule has 1 N–H and O–H groups in total. The summed E-state index contributed by atoms with van der Waals surface area (Å²) in [4.78, 5) is 24.2. The largest absolute Gasteiger partial charge is 0.350 e. The summed E-state index contributed by atoms with van der Waals surface area (Å²) in [7, 11) is 0. The van der Waals surface area contributed by atoms with E-state index in [0.29, 0.717) is 24.4 Å². The van der Waals surface area contributed by atoms with E-state index in [2.05, 4.69) is 10.4 Å². The molecular weight excluding hydrogens is 338 g/mol. The van der Waals surface area contributed by atoms with E-state index in [4.69, 9.17) is 11.6 Å². The van der Waals surface area contributed by atoms with Crippen LogP contribution in [0, 0.1) is 0 Å². The lowest BCUT2D eigenvalue weighted by molar-refractivity contribution is -0.136. The Morgan fingerprint density at radius 3 is 2.56 bits per heavy atom. The fourth-order valence-electron chi connectivity index (χ4n) is 2.59. The van der Waals surface area contributed by atoms with Gasteiger partial charge in [-0.1, -0.05) is 60.1 Å². The van der Waals surface area contributed by atoms with Gasteiger partial charge in [0.15, 0.2) is 0 Å². The zero-order chi connectivity index (χ0) is 17.6. The van der Waals surface area contributed by atoms with Crippen LogP contribution in [-0.4, -0.2) is 29.1 Å². The Labute approximate surface area is 151 Å². The van der Waals surface area contributed by atoms with E-state index in [1.807, 2.05) is 48.5 Å². The summed E-state index contributed by atoms with van der Waals surface area (Å²) in [6.45, 7) is 0.218. The van der Waals surface area contributed by atoms with Crippen molar-refractivity contribution in [2.75, 3.05) is 6.54 Å². The Bertz CT molecular complexity index is 805. The number of rotatable bonds is 5. The van der Waals surface area contributed by atoms with Gasteiger partial charge in [0.25, 0.3) is 0 Å². The van der Waals surface area contributed by atoms with Crippen LogP contribution in [0.1, 0.15) is 24.0 Å². The van der Waals surface area contributed by atoms with Crippen molar-refractivity contribution in [1.82, 2.24) is 10.3 Å². The van der Waals surface area contributed by atoms with Crippen LogP contribution >= 0.6 is 11.6 Å². The highest BCUT2D eigenvalue weighted by Crippen LogP contribution is 2.16. The third kappa shape index (κ3) is 4.45. The predicted octanol–water partition coefficient (Wildman–Crippen LogP) is 2.98. The molecule has 1 aliphatic heterocycles. The summed E-state index contributed by atoms with van der Waals surface area (Å²) in [5.41, 5.74) is 2.62. The molecule has 0 spiro atoms. The van der Waals surface area contributed by atoms with Crippen LogP contribution in [-0.2, 0) is 16.1 Å². The smallest absolute Gasteiger partial charge is 0.243 e. The number of amides is 2. The SMILES string of the molecule is O=C(CN1N=C(c2ccccc2)CCC1=O)NCc1ccccc1Cl. The molecule has 1 aliphatic rings. The van der Waals surface area contributed by atoms with Crippen LogP contribution in [0.4, 0.5) is 0 Å². The Morgan fingerprint density at radius 2 is 1.80 bits per heavy atom. The summed E-state index contributed by atoms with van der Waals surface area (Å²) >= 11 is 6.07. The maximum atomic E-state index is 12.2. The molecule has 0 fully saturated rings. The van der Waals surface area contributed by atoms with Gasteiger partial charge in [-0.05, 0) is 17.2 Å². The van der Waals surface area contributed by atoms with Gasteiger partial charge in [0.1, 0.15) is 6.54 Å². The van der Waals surface area contributed by atoms with Gasteiger partial charge in [-0.3, -0.25) is 9.59 Å². The Morgan fingerprint density at radius 1 is 1.08 bits per heavy atom. The van der Waals surface area contributed by atoms with E-state index in [9.17, 15) is 9.59 Å². The van der Waals surface area contributed by atoms with Crippen LogP contribution in [0.2, 0.25) is 5.02 Å². The van der Waals surface area contributed by atoms with Gasteiger partial charge >= 0.3 is 0 Å². The second-order valence-corrected chi connectivity index (χ2v) is 6.14. The van der Waals surface area contributed by atoms with Gasteiger partial charge in [-0.2, -0.15) is 5.10 Å². The van der Waals surface area contributed by atoms with Crippen molar-refractivity contribution < 1.29 is 9.59 Å². The average molecular weight is 356 g/mol. The number of hydrogen-bond donors (Lipinski definition) is 1. The molecule has 0 radical (unpaired) electrons. The third-order valence-corrected chi connectivity index (χ3v) is 4.31. The molecule has 0 unspecified atom stereocenters. The van der Waals surface area contributed by atoms with Gasteiger partial charge in [-0.15, -0.1) is 0 Å². The molecule has 0 saturated carbocycles. The zero-order valence-electron chi connectivity index (χ0n) is 13.6. The standard InChI is InChI=1S/C19H18ClN3O2/c20-16-9-5-4-8-15(16)12-21-18(24)13-23-19(25)11-10-17(22-23)14-6-2-1-3-7-14/h1-9H,10-13H2,(H,21,24). The Balaban J connectivity index is 1.63. The number of nitrogens with zero attached hydrogens (tertiary/aromatic N) is 2. The first kappa shape index (κ1) is 17.2. The molecule has 25 heavy (non-hydrogen) atoms. The van der Waals surface area contributed by atoms with Gasteiger partial charge in [0.2, 0.25) is 11.8 Å². The molecule has 5 nitrogen and oxygen atoms in total. The molecule has 0 saturated heterocycles. The van der Waals surface area contributed by atoms with Crippen LogP contribution < -0.4 is 5.32 Å². The number of carbonyl (C=O) groups is 2. The fraction of sp³-hybridized carbons (Fsp3) is 0.211. The minimum Gasteiger partial charge on any atom is -0.350 e. The number of halogens is 1. The molecule has 2 aromatic carbocycles. The maximum absolute atomic E-state index is 12.2. The monoisotopic (exact) mass is 355 g/mol. The lowest BCUT2D eigenvalue weighted by atomic mass is 10.0. The first-order chi connectivity index (χ1) is 12.1. The van der Waals surface area contributed by atoms with Gasteiger partial charge in [-0.25, -0.2) is 5.01 Å². The van der Waals surface area contributed by atoms with Crippen molar-refractivity contribution in [3.8, 4) is 0 Å². The van der Waals surface area contributed by atoms with E-state index in [1.54, 1.807) is 6.07 Å². The minimum absolute atomic E-state index is 0.0976. The number of hydrogen-bond acceptors (Lipinski definition) is 3. The summed E-state index contributed by atoms with van der Waals surface area (Å²) in [5, 5.41) is 8.98. The minimum atomic E-state index is -0.272. The molecular formula is C19H18ClN3O2. The normalized spacial score (nSPS) is 14.2. The number of nitrogens with one attached hydrogen (secondary N) is 1. The third-order valence-electron chi connectivity index (χ3n) is 3.94. The first-order valence-electron chi connectivity index (χ1n) is 8.07. The van der Waals surface area contributed by atoms with E-state index < -0.39 is 0 Å². The highest BCUT2D eigenvalue weighted by Gasteiger charge is 2.23. The van der Waals surface area contributed by atoms with E-state index in [0.717, 1.165) is 16.8 Å². The molecule has 0 atom stereocenters. The van der Waals surface area contributed by atoms with Crippen molar-refractivity contribution >= 4 is 29.1 Å². The van der Waals surface area contributed by atoms with Crippen LogP contribution in [0.3, 0.4) is 0 Å². The van der Waals surface area contributed by atoms with E-state index in [-0.39, 0.29) is 18.4 Å². The highest BCUT2D eigenvalue weighted by molar-refractivity contribution is 6.31. The van der Waals surface area contributed by atoms with Crippen LogP contribution in [0.15, 0.2) is 59.7 Å². The topological polar surface area (TPSA) is 61.8 Å². The van der Waals surface area contributed by atoms with Crippen molar-refractivity contribution in [2.45, 2.75) is 19.4 Å². The Kier molecular flexibility index (Phi) is 5.46. The van der Waals surface area contributed by atoms with Crippen LogP contribution in [0.25, 0.3) is 0 Å². The van der Waals surface area contributed by atoms with E-state index >= 15 is 0 Å². The molecule has 1 heterocycles. The number of hydrazone groups is 1. The van der Waals surface area contributed by atoms with Gasteiger partial charge in [0.05, 0.1) is 5.71 Å². The quantitative estimate of drug-likeness (QED) is 0.896. The summed E-state index contributed by atoms with van der Waals surface area (Å²) < 4.78 is 0. The number of benzene rings is 2. The van der Waals surface area contributed by atoms with Crippen molar-refractivity contribution in [3.05, 3.63) is 70.7 Å². The molecule has 0 aromatic heterocycles. The molecule has 3 rings (SSSR count). The second kappa shape index (κ2) is 7.94. The highest BCUT2D eigenvalue weighted by atomic mass is 35.5. The van der Waals surface area contributed by atoms with Gasteiger partial charge in [0, 0.05) is 24.4 Å². The molecule has 0 bridgehead atoms. The van der Waals surface area contributed by atoms with E-state index in [1.165, 1.54) is 5.01 Å². The molecule has 0 aliphatic carbocycles. The molecule has 2 aromatic rings. The zero-order valence-corrected chi connectivity index (χ0v) is 14.4. The van der Waals surface area contributed by atoms with Crippen LogP contribution in [0.5, 0.6) is 0 Å². The Hall–Kier alpha value is -2.66. The lowest BCUT2D eigenvalue weighted by Crippen LogP contribution is -2.40.